The minimum absolute atomic E-state index is 0.0132. The Morgan fingerprint density at radius 2 is 2.00 bits per heavy atom. The van der Waals surface area contributed by atoms with E-state index in [4.69, 9.17) is 20.0 Å². The summed E-state index contributed by atoms with van der Waals surface area (Å²) in [6.07, 6.45) is 0. The second-order valence-corrected chi connectivity index (χ2v) is 3.75. The highest BCUT2D eigenvalue weighted by Crippen LogP contribution is 2.26. The Bertz CT molecular complexity index is 681. The second-order valence-electron chi connectivity index (χ2n) is 3.75. The summed E-state index contributed by atoms with van der Waals surface area (Å²) < 4.78 is 12.1. The number of benzene rings is 1. The van der Waals surface area contributed by atoms with E-state index in [1.807, 2.05) is 24.3 Å². The summed E-state index contributed by atoms with van der Waals surface area (Å²) >= 11 is 0. The third-order valence-corrected chi connectivity index (χ3v) is 2.60. The lowest BCUT2D eigenvalue weighted by atomic mass is 10.3. The van der Waals surface area contributed by atoms with Crippen LogP contribution >= 0.6 is 0 Å². The van der Waals surface area contributed by atoms with Gasteiger partial charge in [0.25, 0.3) is 0 Å². The molecule has 0 spiro atoms. The van der Waals surface area contributed by atoms with Crippen molar-refractivity contribution in [1.82, 2.24) is 15.0 Å². The van der Waals surface area contributed by atoms with Gasteiger partial charge in [0, 0.05) is 0 Å². The first-order valence-corrected chi connectivity index (χ1v) is 5.75. The maximum Gasteiger partial charge on any atom is 0.189 e. The van der Waals surface area contributed by atoms with Crippen LogP contribution in [-0.4, -0.2) is 22.1 Å². The number of nitrogens with zero attached hydrogens (tertiary/aromatic N) is 5. The molecule has 0 atom stereocenters. The van der Waals surface area contributed by atoms with Crippen LogP contribution in [0.15, 0.2) is 24.3 Å². The van der Waals surface area contributed by atoms with Gasteiger partial charge in [-0.15, -0.1) is 5.10 Å². The van der Waals surface area contributed by atoms with E-state index in [0.29, 0.717) is 17.2 Å². The van der Waals surface area contributed by atoms with Crippen LogP contribution in [-0.2, 0) is 13.2 Å². The molecule has 0 unspecified atom stereocenters. The number of rotatable bonds is 5. The van der Waals surface area contributed by atoms with Crippen molar-refractivity contribution in [2.45, 2.75) is 13.2 Å². The molecule has 0 fully saturated rings. The van der Waals surface area contributed by atoms with E-state index in [9.17, 15) is 0 Å². The average molecular weight is 269 g/mol. The van der Waals surface area contributed by atoms with Crippen molar-refractivity contribution < 1.29 is 9.47 Å². The van der Waals surface area contributed by atoms with Gasteiger partial charge < -0.3 is 9.47 Å². The summed E-state index contributed by atoms with van der Waals surface area (Å²) in [6.45, 7) is 0.0945. The van der Waals surface area contributed by atoms with Crippen LogP contribution in [0.4, 0.5) is 0 Å². The first-order valence-electron chi connectivity index (χ1n) is 5.75. The van der Waals surface area contributed by atoms with Crippen molar-refractivity contribution in [2.24, 2.45) is 0 Å². The Balaban J connectivity index is 2.21. The van der Waals surface area contributed by atoms with E-state index in [0.717, 1.165) is 0 Å². The smallest absolute Gasteiger partial charge is 0.189 e. The van der Waals surface area contributed by atoms with Crippen LogP contribution < -0.4 is 9.47 Å². The summed E-state index contributed by atoms with van der Waals surface area (Å²) in [5, 5.41) is 25.1. The number of aromatic nitrogens is 3. The number of hydrogen-bond acceptors (Lipinski definition) is 6. The molecular formula is C13H11N5O2. The number of para-hydroxylation sites is 2. The Kier molecular flexibility index (Phi) is 4.15. The van der Waals surface area contributed by atoms with Gasteiger partial charge in [-0.2, -0.15) is 10.5 Å². The molecule has 0 aliphatic carbocycles. The van der Waals surface area contributed by atoms with Crippen LogP contribution in [0.3, 0.4) is 0 Å². The largest absolute Gasteiger partial charge is 0.493 e. The molecule has 7 nitrogen and oxygen atoms in total. The number of nitriles is 2. The normalized spacial score (nSPS) is 9.55. The third-order valence-electron chi connectivity index (χ3n) is 2.60. The fourth-order valence-electron chi connectivity index (χ4n) is 1.64. The molecule has 1 aromatic heterocycles. The number of ether oxygens (including phenoxy) is 2. The first-order chi connectivity index (χ1) is 9.80. The van der Waals surface area contributed by atoms with Crippen LogP contribution in [0, 0.1) is 22.7 Å². The maximum absolute atomic E-state index is 8.97. The number of methoxy groups -OCH3 is 1. The average Bonchev–Trinajstić information content (AvgIpc) is 2.88. The van der Waals surface area contributed by atoms with Gasteiger partial charge in [0.15, 0.2) is 17.2 Å². The van der Waals surface area contributed by atoms with Crippen molar-refractivity contribution in [3.8, 4) is 23.6 Å². The lowest BCUT2D eigenvalue weighted by Crippen LogP contribution is -2.08. The van der Waals surface area contributed by atoms with Gasteiger partial charge in [-0.3, -0.25) is 0 Å². The van der Waals surface area contributed by atoms with Crippen LogP contribution in [0.5, 0.6) is 11.5 Å². The fourth-order valence-corrected chi connectivity index (χ4v) is 1.64. The van der Waals surface area contributed by atoms with E-state index >= 15 is 0 Å². The Hall–Kier alpha value is -3.06. The molecule has 7 heteroatoms. The molecule has 100 valence electrons. The molecule has 0 saturated heterocycles. The zero-order valence-electron chi connectivity index (χ0n) is 10.8. The molecule has 0 N–H and O–H groups in total. The van der Waals surface area contributed by atoms with Gasteiger partial charge >= 0.3 is 0 Å². The molecule has 20 heavy (non-hydrogen) atoms. The first kappa shape index (κ1) is 13.4. The van der Waals surface area contributed by atoms with Gasteiger partial charge in [0.2, 0.25) is 0 Å². The van der Waals surface area contributed by atoms with Gasteiger partial charge in [-0.05, 0) is 12.1 Å². The molecule has 0 radical (unpaired) electrons. The summed E-state index contributed by atoms with van der Waals surface area (Å²) in [5.41, 5.74) is 0.607. The SMILES string of the molecule is COc1ccccc1OCc1c(C#N)nnn1CC#N. The van der Waals surface area contributed by atoms with Crippen molar-refractivity contribution in [1.29, 1.82) is 10.5 Å². The van der Waals surface area contributed by atoms with Crippen molar-refractivity contribution in [3.63, 3.8) is 0 Å². The van der Waals surface area contributed by atoms with Gasteiger partial charge in [-0.1, -0.05) is 17.3 Å². The van der Waals surface area contributed by atoms with Crippen LogP contribution in [0.1, 0.15) is 11.4 Å². The maximum atomic E-state index is 8.97. The van der Waals surface area contributed by atoms with Crippen molar-refractivity contribution in [2.75, 3.05) is 7.11 Å². The molecule has 2 aromatic rings. The quantitative estimate of drug-likeness (QED) is 0.810. The van der Waals surface area contributed by atoms with E-state index in [1.165, 1.54) is 4.68 Å². The second kappa shape index (κ2) is 6.21. The predicted octanol–water partition coefficient (Wildman–Crippen LogP) is 1.26. The molecular weight excluding hydrogens is 258 g/mol. The zero-order valence-corrected chi connectivity index (χ0v) is 10.8. The topological polar surface area (TPSA) is 96.8 Å². The fraction of sp³-hybridized carbons (Fsp3) is 0.231. The van der Waals surface area contributed by atoms with E-state index in [1.54, 1.807) is 19.2 Å². The molecule has 0 amide bonds. The summed E-state index contributed by atoms with van der Waals surface area (Å²) in [4.78, 5) is 0. The Labute approximate surface area is 115 Å². The zero-order chi connectivity index (χ0) is 14.4. The monoisotopic (exact) mass is 269 g/mol. The summed E-state index contributed by atoms with van der Waals surface area (Å²) in [6, 6.07) is 11.0. The van der Waals surface area contributed by atoms with Gasteiger partial charge in [0.1, 0.15) is 24.9 Å². The number of hydrogen-bond donors (Lipinski definition) is 0. The van der Waals surface area contributed by atoms with E-state index in [-0.39, 0.29) is 18.8 Å². The Morgan fingerprint density at radius 3 is 2.65 bits per heavy atom. The highest BCUT2D eigenvalue weighted by Gasteiger charge is 2.14. The van der Waals surface area contributed by atoms with Crippen molar-refractivity contribution >= 4 is 0 Å². The molecule has 0 aliphatic heterocycles. The minimum atomic E-state index is 0.0132. The van der Waals surface area contributed by atoms with Crippen LogP contribution in [0.25, 0.3) is 0 Å². The molecule has 0 bridgehead atoms. The lowest BCUT2D eigenvalue weighted by molar-refractivity contribution is 0.274. The van der Waals surface area contributed by atoms with Gasteiger partial charge in [-0.25, -0.2) is 4.68 Å². The third kappa shape index (κ3) is 2.68. The highest BCUT2D eigenvalue weighted by atomic mass is 16.5. The predicted molar refractivity (Wildman–Crippen MR) is 67.7 cm³/mol. The molecule has 1 heterocycles. The van der Waals surface area contributed by atoms with Gasteiger partial charge in [0.05, 0.1) is 13.2 Å². The molecule has 0 saturated carbocycles. The molecule has 1 aromatic carbocycles. The lowest BCUT2D eigenvalue weighted by Gasteiger charge is -2.10. The summed E-state index contributed by atoms with van der Waals surface area (Å²) in [5.74, 6) is 1.13. The highest BCUT2D eigenvalue weighted by molar-refractivity contribution is 5.39. The van der Waals surface area contributed by atoms with Crippen LogP contribution in [0.2, 0.25) is 0 Å². The standard InChI is InChI=1S/C13H11N5O2/c1-19-12-4-2-3-5-13(12)20-9-11-10(8-15)16-17-18(11)7-6-14/h2-5H,7,9H2,1H3. The minimum Gasteiger partial charge on any atom is -0.493 e. The summed E-state index contributed by atoms with van der Waals surface area (Å²) in [7, 11) is 1.55. The Morgan fingerprint density at radius 1 is 1.25 bits per heavy atom. The molecule has 2 rings (SSSR count). The molecule has 0 aliphatic rings. The van der Waals surface area contributed by atoms with Crippen molar-refractivity contribution in [3.05, 3.63) is 35.7 Å². The van der Waals surface area contributed by atoms with E-state index in [2.05, 4.69) is 10.3 Å². The van der Waals surface area contributed by atoms with E-state index < -0.39 is 0 Å².